The lowest BCUT2D eigenvalue weighted by Crippen LogP contribution is -2.72. The van der Waals surface area contributed by atoms with E-state index in [2.05, 4.69) is 4.90 Å². The summed E-state index contributed by atoms with van der Waals surface area (Å²) in [7, 11) is 0. The van der Waals surface area contributed by atoms with Crippen LogP contribution in [-0.4, -0.2) is 52.2 Å². The fraction of sp³-hybridized carbons (Fsp3) is 0.933. The Hall–Kier alpha value is -0.610. The maximum Gasteiger partial charge on any atom is 0.224 e. The summed E-state index contributed by atoms with van der Waals surface area (Å²) in [5.74, 6) is 1.08. The first-order valence-electron chi connectivity index (χ1n) is 7.97. The van der Waals surface area contributed by atoms with E-state index in [9.17, 15) is 9.90 Å². The Bertz CT molecular complexity index is 398. The number of nitrogens with zero attached hydrogens (tertiary/aromatic N) is 2. The number of rotatable bonds is 0. The van der Waals surface area contributed by atoms with E-state index in [-0.39, 0.29) is 5.91 Å². The van der Waals surface area contributed by atoms with E-state index in [1.165, 1.54) is 32.4 Å². The minimum atomic E-state index is -0.827. The van der Waals surface area contributed by atoms with E-state index in [0.29, 0.717) is 24.3 Å². The van der Waals surface area contributed by atoms with Gasteiger partial charge >= 0.3 is 0 Å². The maximum atomic E-state index is 12.2. The van der Waals surface area contributed by atoms with Gasteiger partial charge in [0.2, 0.25) is 5.91 Å². The number of fused-ring (bicyclic) bond motifs is 2. The lowest BCUT2D eigenvalue weighted by atomic mass is 9.66. The molecular weight excluding hydrogens is 240 g/mol. The molecule has 0 unspecified atom stereocenters. The molecule has 106 valence electrons. The van der Waals surface area contributed by atoms with Gasteiger partial charge in [0.05, 0.1) is 0 Å². The summed E-state index contributed by atoms with van der Waals surface area (Å²) < 4.78 is 0. The third-order valence-electron chi connectivity index (χ3n) is 6.01. The Labute approximate surface area is 114 Å². The molecule has 0 bridgehead atoms. The monoisotopic (exact) mass is 264 g/mol. The molecule has 0 spiro atoms. The van der Waals surface area contributed by atoms with Gasteiger partial charge in [0, 0.05) is 24.9 Å². The fourth-order valence-electron chi connectivity index (χ4n) is 5.27. The van der Waals surface area contributed by atoms with Gasteiger partial charge < -0.3 is 10.0 Å². The molecular formula is C15H24N2O2. The zero-order chi connectivity index (χ0) is 13.0. The highest BCUT2D eigenvalue weighted by Crippen LogP contribution is 2.49. The van der Waals surface area contributed by atoms with Crippen molar-refractivity contribution in [2.45, 2.75) is 56.7 Å². The van der Waals surface area contributed by atoms with Gasteiger partial charge in [-0.2, -0.15) is 0 Å². The van der Waals surface area contributed by atoms with Crippen molar-refractivity contribution in [1.82, 2.24) is 9.80 Å². The molecule has 4 heteroatoms. The van der Waals surface area contributed by atoms with Gasteiger partial charge in [-0.3, -0.25) is 9.69 Å². The molecule has 4 heterocycles. The molecule has 0 aromatic heterocycles. The summed E-state index contributed by atoms with van der Waals surface area (Å²) in [6.45, 7) is 3.19. The Morgan fingerprint density at radius 3 is 2.79 bits per heavy atom. The highest BCUT2D eigenvalue weighted by atomic mass is 16.3. The van der Waals surface area contributed by atoms with Crippen LogP contribution in [0, 0.1) is 11.8 Å². The average molecular weight is 264 g/mol. The molecule has 1 amide bonds. The van der Waals surface area contributed by atoms with Crippen molar-refractivity contribution in [2.75, 3.05) is 19.6 Å². The third-order valence-corrected chi connectivity index (χ3v) is 6.01. The molecule has 0 aliphatic carbocycles. The van der Waals surface area contributed by atoms with E-state index in [0.717, 1.165) is 25.8 Å². The van der Waals surface area contributed by atoms with Crippen LogP contribution in [0.2, 0.25) is 0 Å². The van der Waals surface area contributed by atoms with Crippen molar-refractivity contribution in [3.63, 3.8) is 0 Å². The van der Waals surface area contributed by atoms with Gasteiger partial charge in [0.25, 0.3) is 0 Å². The number of hydrogen-bond acceptors (Lipinski definition) is 3. The number of carbonyl (C=O) groups is 1. The first kappa shape index (κ1) is 12.2. The standard InChI is InChI=1S/C15H24N2O2/c18-13-6-1-7-15(19)12-5-3-9-16-8-2-4-11(14(12)16)10-17(13)15/h11-12,14,19H,1-10H2/t11-,12-,14-,15-/m0/s1. The first-order chi connectivity index (χ1) is 9.20. The second kappa shape index (κ2) is 4.19. The second-order valence-corrected chi connectivity index (χ2v) is 6.91. The van der Waals surface area contributed by atoms with Crippen molar-refractivity contribution in [3.05, 3.63) is 0 Å². The lowest BCUT2D eigenvalue weighted by molar-refractivity contribution is -0.234. The number of hydrogen-bond donors (Lipinski definition) is 1. The fourth-order valence-corrected chi connectivity index (χ4v) is 5.27. The molecule has 19 heavy (non-hydrogen) atoms. The molecule has 4 saturated heterocycles. The van der Waals surface area contributed by atoms with Crippen molar-refractivity contribution >= 4 is 5.91 Å². The number of piperidine rings is 4. The zero-order valence-electron chi connectivity index (χ0n) is 11.6. The average Bonchev–Trinajstić information content (AvgIpc) is 2.42. The second-order valence-electron chi connectivity index (χ2n) is 6.91. The van der Waals surface area contributed by atoms with Crippen molar-refractivity contribution in [2.24, 2.45) is 11.8 Å². The van der Waals surface area contributed by atoms with Gasteiger partial charge in [0.1, 0.15) is 5.72 Å². The SMILES string of the molecule is O=C1CCC[C@]2(O)[C@H]3CCCN4CCC[C@@H](CN12)[C@@H]34. The molecule has 0 radical (unpaired) electrons. The maximum absolute atomic E-state index is 12.2. The molecule has 1 N–H and O–H groups in total. The van der Waals surface area contributed by atoms with Crippen LogP contribution in [-0.2, 0) is 4.79 Å². The predicted molar refractivity (Wildman–Crippen MR) is 71.3 cm³/mol. The van der Waals surface area contributed by atoms with Crippen LogP contribution in [0.25, 0.3) is 0 Å². The van der Waals surface area contributed by atoms with Crippen molar-refractivity contribution in [3.8, 4) is 0 Å². The minimum absolute atomic E-state index is 0.190. The predicted octanol–water partition coefficient (Wildman–Crippen LogP) is 1.19. The molecule has 4 rings (SSSR count). The highest BCUT2D eigenvalue weighted by molar-refractivity contribution is 5.78. The lowest BCUT2D eigenvalue weighted by Gasteiger charge is -2.62. The molecule has 4 atom stereocenters. The largest absolute Gasteiger partial charge is 0.370 e. The van der Waals surface area contributed by atoms with E-state index in [1.54, 1.807) is 0 Å². The Morgan fingerprint density at radius 1 is 1.16 bits per heavy atom. The first-order valence-corrected chi connectivity index (χ1v) is 7.97. The molecule has 4 aliphatic rings. The number of carbonyl (C=O) groups excluding carboxylic acids is 1. The summed E-state index contributed by atoms with van der Waals surface area (Å²) in [6.07, 6.45) is 7.05. The zero-order valence-corrected chi connectivity index (χ0v) is 11.6. The van der Waals surface area contributed by atoms with Gasteiger partial charge in [-0.25, -0.2) is 0 Å². The van der Waals surface area contributed by atoms with E-state index in [4.69, 9.17) is 0 Å². The Morgan fingerprint density at radius 2 is 1.95 bits per heavy atom. The van der Waals surface area contributed by atoms with Crippen LogP contribution in [0.1, 0.15) is 44.9 Å². The molecule has 4 aliphatic heterocycles. The summed E-state index contributed by atoms with van der Waals surface area (Å²) in [5, 5.41) is 11.2. The summed E-state index contributed by atoms with van der Waals surface area (Å²) in [4.78, 5) is 16.7. The molecule has 4 nitrogen and oxygen atoms in total. The number of amides is 1. The Balaban J connectivity index is 1.72. The topological polar surface area (TPSA) is 43.8 Å². The quantitative estimate of drug-likeness (QED) is 0.715. The van der Waals surface area contributed by atoms with E-state index in [1.807, 2.05) is 4.90 Å². The molecule has 0 aromatic rings. The van der Waals surface area contributed by atoms with E-state index < -0.39 is 5.72 Å². The Kier molecular flexibility index (Phi) is 2.68. The van der Waals surface area contributed by atoms with Crippen molar-refractivity contribution < 1.29 is 9.90 Å². The summed E-state index contributed by atoms with van der Waals surface area (Å²) >= 11 is 0. The van der Waals surface area contributed by atoms with Crippen LogP contribution in [0.3, 0.4) is 0 Å². The van der Waals surface area contributed by atoms with Crippen LogP contribution in [0.15, 0.2) is 0 Å². The van der Waals surface area contributed by atoms with Gasteiger partial charge in [-0.1, -0.05) is 0 Å². The minimum Gasteiger partial charge on any atom is -0.370 e. The molecule has 0 saturated carbocycles. The summed E-state index contributed by atoms with van der Waals surface area (Å²) in [5.41, 5.74) is -0.827. The number of aliphatic hydroxyl groups is 1. The highest BCUT2D eigenvalue weighted by Gasteiger charge is 2.57. The van der Waals surface area contributed by atoms with Crippen LogP contribution in [0.5, 0.6) is 0 Å². The normalized spacial score (nSPS) is 46.7. The molecule has 4 fully saturated rings. The summed E-state index contributed by atoms with van der Waals surface area (Å²) in [6, 6.07) is 0.537. The van der Waals surface area contributed by atoms with Gasteiger partial charge in [-0.15, -0.1) is 0 Å². The smallest absolute Gasteiger partial charge is 0.224 e. The van der Waals surface area contributed by atoms with Crippen LogP contribution >= 0.6 is 0 Å². The van der Waals surface area contributed by atoms with Gasteiger partial charge in [-0.05, 0) is 57.5 Å². The molecule has 0 aromatic carbocycles. The van der Waals surface area contributed by atoms with E-state index >= 15 is 0 Å². The third kappa shape index (κ3) is 1.62. The van der Waals surface area contributed by atoms with Crippen LogP contribution in [0.4, 0.5) is 0 Å². The van der Waals surface area contributed by atoms with Gasteiger partial charge in [0.15, 0.2) is 0 Å². The van der Waals surface area contributed by atoms with Crippen molar-refractivity contribution in [1.29, 1.82) is 0 Å². The van der Waals surface area contributed by atoms with Crippen LogP contribution < -0.4 is 0 Å².